The summed E-state index contributed by atoms with van der Waals surface area (Å²) in [5, 5.41) is 0. The normalized spacial score (nSPS) is 18.8. The number of nitrogens with one attached hydrogen (secondary N) is 1. The smallest absolute Gasteiger partial charge is 0.444 e. The molecule has 1 aliphatic heterocycles. The van der Waals surface area contributed by atoms with Gasteiger partial charge in [-0.1, -0.05) is 0 Å². The predicted octanol–water partition coefficient (Wildman–Crippen LogP) is 4.87. The van der Waals surface area contributed by atoms with Crippen LogP contribution in [0.5, 0.6) is 5.75 Å². The van der Waals surface area contributed by atoms with Crippen molar-refractivity contribution in [3.63, 3.8) is 0 Å². The first-order valence-electron chi connectivity index (χ1n) is 11.0. The van der Waals surface area contributed by atoms with E-state index in [9.17, 15) is 26.4 Å². The zero-order valence-electron chi connectivity index (χ0n) is 19.0. The van der Waals surface area contributed by atoms with Crippen LogP contribution < -0.4 is 4.18 Å². The SMILES string of the molecule is CC(C)(C)OC(=O)N1CCC[C@H]1c1nc(-c2ccc(OS(=O)(=O)C(F)(F)F)c3c2CCC3)c[nH]1. The van der Waals surface area contributed by atoms with Crippen LogP contribution in [0.4, 0.5) is 18.0 Å². The Morgan fingerprint density at radius 1 is 1.15 bits per heavy atom. The third-order valence-electron chi connectivity index (χ3n) is 5.79. The van der Waals surface area contributed by atoms with Crippen molar-refractivity contribution in [2.24, 2.45) is 0 Å². The number of rotatable bonds is 4. The van der Waals surface area contributed by atoms with Gasteiger partial charge < -0.3 is 13.9 Å². The molecule has 0 spiro atoms. The number of likely N-dealkylation sites (tertiary alicyclic amines) is 1. The van der Waals surface area contributed by atoms with Crippen LogP contribution in [0, 0.1) is 0 Å². The Bertz CT molecular complexity index is 1200. The molecule has 1 aromatic carbocycles. The zero-order chi connectivity index (χ0) is 24.9. The molecule has 2 aliphatic rings. The summed E-state index contributed by atoms with van der Waals surface area (Å²) in [7, 11) is -5.76. The number of amides is 1. The molecule has 8 nitrogen and oxygen atoms in total. The Hall–Kier alpha value is -2.76. The lowest BCUT2D eigenvalue weighted by atomic mass is 10.0. The Labute approximate surface area is 195 Å². The van der Waals surface area contributed by atoms with Crippen molar-refractivity contribution in [1.82, 2.24) is 14.9 Å². The Kier molecular flexibility index (Phi) is 6.07. The van der Waals surface area contributed by atoms with Gasteiger partial charge in [0.15, 0.2) is 0 Å². The van der Waals surface area contributed by atoms with Crippen LogP contribution in [0.25, 0.3) is 11.3 Å². The molecule has 34 heavy (non-hydrogen) atoms. The molecule has 186 valence electrons. The van der Waals surface area contributed by atoms with Crippen LogP contribution in [-0.2, 0) is 27.7 Å². The van der Waals surface area contributed by atoms with Gasteiger partial charge in [0.1, 0.15) is 17.2 Å². The number of aromatic nitrogens is 2. The third kappa shape index (κ3) is 4.73. The second-order valence-corrected chi connectivity index (χ2v) is 10.9. The second kappa shape index (κ2) is 8.47. The van der Waals surface area contributed by atoms with Gasteiger partial charge >= 0.3 is 21.7 Å². The van der Waals surface area contributed by atoms with Crippen LogP contribution in [0.2, 0.25) is 0 Å². The lowest BCUT2D eigenvalue weighted by Gasteiger charge is -2.27. The maximum absolute atomic E-state index is 12.8. The van der Waals surface area contributed by atoms with Crippen molar-refractivity contribution in [2.75, 3.05) is 6.54 Å². The van der Waals surface area contributed by atoms with Crippen LogP contribution >= 0.6 is 0 Å². The van der Waals surface area contributed by atoms with Crippen LogP contribution in [0.3, 0.4) is 0 Å². The second-order valence-electron chi connectivity index (χ2n) is 9.41. The van der Waals surface area contributed by atoms with Crippen molar-refractivity contribution in [1.29, 1.82) is 0 Å². The predicted molar refractivity (Wildman–Crippen MR) is 117 cm³/mol. The molecule has 2 heterocycles. The molecule has 2 aromatic rings. The standard InChI is InChI=1S/C22H26F3N3O5S/c1-21(2,3)32-20(29)28-11-5-8-17(28)19-26-12-16(27-19)14-9-10-18(15-7-4-6-13(14)15)33-34(30,31)22(23,24)25/h9-10,12,17H,4-8,11H2,1-3H3,(H,26,27)/t17-/m0/s1. The molecule has 1 amide bonds. The first-order chi connectivity index (χ1) is 15.8. The highest BCUT2D eigenvalue weighted by Gasteiger charge is 2.49. The number of halogens is 3. The molecule has 0 radical (unpaired) electrons. The van der Waals surface area contributed by atoms with Gasteiger partial charge in [-0.3, -0.25) is 4.90 Å². The summed E-state index contributed by atoms with van der Waals surface area (Å²) >= 11 is 0. The number of aromatic amines is 1. The van der Waals surface area contributed by atoms with E-state index in [1.807, 2.05) is 0 Å². The average Bonchev–Trinajstić information content (AvgIpc) is 3.45. The van der Waals surface area contributed by atoms with Crippen LogP contribution in [-0.4, -0.2) is 47.0 Å². The van der Waals surface area contributed by atoms with E-state index in [2.05, 4.69) is 14.2 Å². The maximum Gasteiger partial charge on any atom is 0.534 e. The van der Waals surface area contributed by atoms with E-state index < -0.39 is 27.3 Å². The summed E-state index contributed by atoms with van der Waals surface area (Å²) in [4.78, 5) is 22.0. The minimum Gasteiger partial charge on any atom is -0.444 e. The van der Waals surface area contributed by atoms with E-state index in [0.717, 1.165) is 6.42 Å². The fourth-order valence-corrected chi connectivity index (χ4v) is 4.88. The number of carbonyl (C=O) groups is 1. The Morgan fingerprint density at radius 3 is 2.53 bits per heavy atom. The fraction of sp³-hybridized carbons (Fsp3) is 0.545. The van der Waals surface area contributed by atoms with Gasteiger partial charge in [0.05, 0.1) is 11.7 Å². The van der Waals surface area contributed by atoms with Gasteiger partial charge in [-0.2, -0.15) is 21.6 Å². The number of carbonyl (C=O) groups excluding carboxylic acids is 1. The Morgan fingerprint density at radius 2 is 1.85 bits per heavy atom. The quantitative estimate of drug-likeness (QED) is 0.474. The highest BCUT2D eigenvalue weighted by atomic mass is 32.2. The van der Waals surface area contributed by atoms with Gasteiger partial charge in [-0.25, -0.2) is 9.78 Å². The van der Waals surface area contributed by atoms with E-state index in [0.29, 0.717) is 60.4 Å². The van der Waals surface area contributed by atoms with Crippen molar-refractivity contribution in [3.05, 3.63) is 35.3 Å². The monoisotopic (exact) mass is 501 g/mol. The number of hydrogen-bond donors (Lipinski definition) is 1. The summed E-state index contributed by atoms with van der Waals surface area (Å²) < 4.78 is 71.3. The number of nitrogens with zero attached hydrogens (tertiary/aromatic N) is 2. The summed E-state index contributed by atoms with van der Waals surface area (Å²) in [5.41, 5.74) is -3.73. The first kappa shape index (κ1) is 24.4. The third-order valence-corrected chi connectivity index (χ3v) is 6.76. The van der Waals surface area contributed by atoms with Gasteiger partial charge in [0.25, 0.3) is 0 Å². The number of benzene rings is 1. The van der Waals surface area contributed by atoms with Gasteiger partial charge in [0.2, 0.25) is 0 Å². The molecule has 4 rings (SSSR count). The minimum atomic E-state index is -5.76. The minimum absolute atomic E-state index is 0.281. The van der Waals surface area contributed by atoms with E-state index in [4.69, 9.17) is 4.74 Å². The van der Waals surface area contributed by atoms with E-state index in [1.165, 1.54) is 12.1 Å². The molecule has 1 aromatic heterocycles. The highest BCUT2D eigenvalue weighted by molar-refractivity contribution is 7.88. The summed E-state index contributed by atoms with van der Waals surface area (Å²) in [6.07, 6.45) is 4.40. The number of imidazole rings is 1. The van der Waals surface area contributed by atoms with E-state index in [-0.39, 0.29) is 11.8 Å². The summed E-state index contributed by atoms with van der Waals surface area (Å²) in [6.45, 7) is 5.95. The van der Waals surface area contributed by atoms with Crippen LogP contribution in [0.15, 0.2) is 18.3 Å². The van der Waals surface area contributed by atoms with Crippen molar-refractivity contribution < 1.29 is 35.3 Å². The molecular weight excluding hydrogens is 475 g/mol. The molecule has 1 fully saturated rings. The van der Waals surface area contributed by atoms with E-state index in [1.54, 1.807) is 31.9 Å². The largest absolute Gasteiger partial charge is 0.534 e. The summed E-state index contributed by atoms with van der Waals surface area (Å²) in [5.74, 6) is 0.279. The van der Waals surface area contributed by atoms with Crippen molar-refractivity contribution in [3.8, 4) is 17.0 Å². The van der Waals surface area contributed by atoms with Crippen LogP contribution in [0.1, 0.15) is 63.0 Å². The molecular formula is C22H26F3N3O5S. The van der Waals surface area contributed by atoms with E-state index >= 15 is 0 Å². The van der Waals surface area contributed by atoms with Crippen molar-refractivity contribution in [2.45, 2.75) is 70.0 Å². The number of H-pyrrole nitrogens is 1. The molecule has 1 aliphatic carbocycles. The van der Waals surface area contributed by atoms with Gasteiger partial charge in [-0.05, 0) is 76.1 Å². The molecule has 1 atom stereocenters. The Balaban J connectivity index is 1.61. The van der Waals surface area contributed by atoms with Gasteiger partial charge in [0, 0.05) is 18.3 Å². The van der Waals surface area contributed by atoms with Gasteiger partial charge in [-0.15, -0.1) is 0 Å². The molecule has 0 saturated carbocycles. The lowest BCUT2D eigenvalue weighted by molar-refractivity contribution is -0.0500. The fourth-order valence-electron chi connectivity index (χ4n) is 4.39. The molecule has 0 unspecified atom stereocenters. The first-order valence-corrected chi connectivity index (χ1v) is 12.4. The number of alkyl halides is 3. The number of ether oxygens (including phenoxy) is 1. The molecule has 1 N–H and O–H groups in total. The topological polar surface area (TPSA) is 102 Å². The maximum atomic E-state index is 12.8. The molecule has 1 saturated heterocycles. The average molecular weight is 502 g/mol. The summed E-state index contributed by atoms with van der Waals surface area (Å²) in [6, 6.07) is 2.47. The lowest BCUT2D eigenvalue weighted by Crippen LogP contribution is -2.36. The molecule has 0 bridgehead atoms. The number of fused-ring (bicyclic) bond motifs is 1. The highest BCUT2D eigenvalue weighted by Crippen LogP contribution is 2.40. The molecule has 12 heteroatoms. The van der Waals surface area contributed by atoms with Crippen molar-refractivity contribution >= 4 is 16.2 Å². The number of hydrogen-bond acceptors (Lipinski definition) is 6. The zero-order valence-corrected chi connectivity index (χ0v) is 19.8.